The molecule has 6 aromatic carbocycles. The van der Waals surface area contributed by atoms with Crippen LogP contribution in [-0.2, 0) is 0 Å². The van der Waals surface area contributed by atoms with E-state index in [9.17, 15) is 0 Å². The van der Waals surface area contributed by atoms with Crippen LogP contribution in [0.1, 0.15) is 60.5 Å². The Balaban J connectivity index is 1.22. The summed E-state index contributed by atoms with van der Waals surface area (Å²) in [5.74, 6) is 0.562. The molecule has 0 spiro atoms. The molecule has 2 aliphatic rings. The number of nitrogens with two attached hydrogens (primary N) is 1. The molecule has 4 heteroatoms. The number of allylic oxidation sites excluding steroid dienone is 6. The Morgan fingerprint density at radius 3 is 2.19 bits per heavy atom. The Bertz CT molecular complexity index is 2840. The second-order valence-electron chi connectivity index (χ2n) is 14.8. The van der Waals surface area contributed by atoms with Crippen LogP contribution in [0.4, 0.5) is 5.69 Å². The number of benzene rings is 6. The van der Waals surface area contributed by atoms with E-state index < -0.39 is 0 Å². The summed E-state index contributed by atoms with van der Waals surface area (Å²) in [6.45, 7) is 4.18. The lowest BCUT2D eigenvalue weighted by molar-refractivity contribution is 0.867. The lowest BCUT2D eigenvalue weighted by Crippen LogP contribution is -2.20. The summed E-state index contributed by atoms with van der Waals surface area (Å²) < 4.78 is 2.40. The van der Waals surface area contributed by atoms with Crippen LogP contribution in [0.5, 0.6) is 0 Å². The molecule has 1 aliphatic carbocycles. The van der Waals surface area contributed by atoms with Crippen LogP contribution in [0.3, 0.4) is 0 Å². The molecule has 57 heavy (non-hydrogen) atoms. The molecule has 0 saturated carbocycles. The Hall–Kier alpha value is -6.91. The standard InChI is InChI=1S/C53H46N4/c1-4-17-37(5-2)40-29-31-50-47(35-40)46-32-36(33-51-45-26-13-12-24-43(45)44-25-14-15-27-48(44)56(51)3)28-30-49(46)57(50)42-23-16-22-41(34-42)52(38-18-8-6-9-19-38)55-53(54)39-20-10-7-11-21-39/h4-6,8-10,12-35,52H,7,11H2,1-3H3,(H2,54,55)/b17-4-,37-5+,51-33-. The maximum atomic E-state index is 6.72. The fraction of sp³-hybridized carbons (Fsp3) is 0.113. The predicted molar refractivity (Wildman–Crippen MR) is 244 cm³/mol. The van der Waals surface area contributed by atoms with Gasteiger partial charge in [0.05, 0.1) is 11.0 Å². The number of hydrogen-bond donors (Lipinski definition) is 1. The third kappa shape index (κ3) is 6.63. The minimum Gasteiger partial charge on any atom is -0.383 e. The number of para-hydroxylation sites is 1. The second kappa shape index (κ2) is 15.3. The van der Waals surface area contributed by atoms with Crippen molar-refractivity contribution in [2.45, 2.75) is 32.7 Å². The van der Waals surface area contributed by atoms with Gasteiger partial charge in [0.1, 0.15) is 11.9 Å². The molecule has 0 fully saturated rings. The van der Waals surface area contributed by atoms with E-state index in [1.165, 1.54) is 50.0 Å². The summed E-state index contributed by atoms with van der Waals surface area (Å²) in [6.07, 6.45) is 17.3. The van der Waals surface area contributed by atoms with Gasteiger partial charge in [-0.2, -0.15) is 0 Å². The molecular formula is C53H46N4. The molecule has 1 aromatic heterocycles. The van der Waals surface area contributed by atoms with Crippen LogP contribution in [0.15, 0.2) is 187 Å². The lowest BCUT2D eigenvalue weighted by Gasteiger charge is -2.32. The van der Waals surface area contributed by atoms with Crippen molar-refractivity contribution >= 4 is 50.7 Å². The van der Waals surface area contributed by atoms with E-state index in [2.05, 4.69) is 206 Å². The van der Waals surface area contributed by atoms with Gasteiger partial charge >= 0.3 is 0 Å². The van der Waals surface area contributed by atoms with Crippen LogP contribution < -0.4 is 10.6 Å². The molecule has 0 amide bonds. The van der Waals surface area contributed by atoms with Gasteiger partial charge in [0.15, 0.2) is 0 Å². The van der Waals surface area contributed by atoms with Crippen molar-refractivity contribution in [3.63, 3.8) is 0 Å². The van der Waals surface area contributed by atoms with Crippen molar-refractivity contribution < 1.29 is 0 Å². The Morgan fingerprint density at radius 2 is 1.42 bits per heavy atom. The minimum atomic E-state index is -0.265. The first-order chi connectivity index (χ1) is 28.0. The van der Waals surface area contributed by atoms with Crippen LogP contribution in [0.2, 0.25) is 0 Å². The third-order valence-electron chi connectivity index (χ3n) is 11.3. The molecule has 0 radical (unpaired) electrons. The van der Waals surface area contributed by atoms with Gasteiger partial charge in [0, 0.05) is 51.6 Å². The molecule has 4 nitrogen and oxygen atoms in total. The largest absolute Gasteiger partial charge is 0.383 e. The van der Waals surface area contributed by atoms with Gasteiger partial charge < -0.3 is 15.2 Å². The summed E-state index contributed by atoms with van der Waals surface area (Å²) in [5, 5.41) is 2.41. The summed E-state index contributed by atoms with van der Waals surface area (Å²) >= 11 is 0. The zero-order chi connectivity index (χ0) is 38.9. The highest BCUT2D eigenvalue weighted by molar-refractivity contribution is 6.12. The fourth-order valence-electron chi connectivity index (χ4n) is 8.53. The molecule has 1 atom stereocenters. The third-order valence-corrected chi connectivity index (χ3v) is 11.3. The average molecular weight is 739 g/mol. The van der Waals surface area contributed by atoms with E-state index in [1.807, 2.05) is 6.07 Å². The van der Waals surface area contributed by atoms with Crippen molar-refractivity contribution in [1.82, 2.24) is 4.57 Å². The van der Waals surface area contributed by atoms with Gasteiger partial charge in [0.25, 0.3) is 0 Å². The quantitative estimate of drug-likeness (QED) is 0.0958. The smallest absolute Gasteiger partial charge is 0.126 e. The van der Waals surface area contributed by atoms with Crippen molar-refractivity contribution in [1.29, 1.82) is 0 Å². The number of aromatic nitrogens is 1. The Labute approximate surface area is 335 Å². The first-order valence-corrected chi connectivity index (χ1v) is 19.9. The molecule has 2 heterocycles. The minimum absolute atomic E-state index is 0.265. The number of anilines is 1. The summed E-state index contributed by atoms with van der Waals surface area (Å²) in [7, 11) is 2.17. The SMILES string of the molecule is C/C=C\C(=C/C)c1ccc2c(c1)c1cc(/C=C3/c4ccccc4-c4ccccc4N3C)ccc1n2-c1cccc(C(N=C(N)C2=CCCC=C2)c2ccccc2)c1. The topological polar surface area (TPSA) is 46.5 Å². The molecular weight excluding hydrogens is 693 g/mol. The maximum Gasteiger partial charge on any atom is 0.126 e. The van der Waals surface area contributed by atoms with Crippen molar-refractivity contribution in [2.24, 2.45) is 10.7 Å². The van der Waals surface area contributed by atoms with Crippen molar-refractivity contribution in [3.8, 4) is 16.8 Å². The second-order valence-corrected chi connectivity index (χ2v) is 14.8. The van der Waals surface area contributed by atoms with Crippen molar-refractivity contribution in [2.75, 3.05) is 11.9 Å². The van der Waals surface area contributed by atoms with E-state index in [0.717, 1.165) is 51.8 Å². The number of nitrogens with zero attached hydrogens (tertiary/aromatic N) is 3. The maximum absolute atomic E-state index is 6.72. The Kier molecular flexibility index (Phi) is 9.61. The monoisotopic (exact) mass is 738 g/mol. The van der Waals surface area contributed by atoms with Crippen LogP contribution in [-0.4, -0.2) is 17.5 Å². The van der Waals surface area contributed by atoms with Gasteiger partial charge in [-0.15, -0.1) is 0 Å². The first kappa shape index (κ1) is 35.8. The van der Waals surface area contributed by atoms with E-state index >= 15 is 0 Å². The summed E-state index contributed by atoms with van der Waals surface area (Å²) in [4.78, 5) is 7.51. The van der Waals surface area contributed by atoms with E-state index in [4.69, 9.17) is 10.7 Å². The van der Waals surface area contributed by atoms with Gasteiger partial charge in [-0.1, -0.05) is 134 Å². The molecule has 9 rings (SSSR count). The number of hydrogen-bond acceptors (Lipinski definition) is 2. The molecule has 0 bridgehead atoms. The fourth-order valence-corrected chi connectivity index (χ4v) is 8.53. The predicted octanol–water partition coefficient (Wildman–Crippen LogP) is 13.1. The molecule has 2 N–H and O–H groups in total. The highest BCUT2D eigenvalue weighted by Gasteiger charge is 2.24. The zero-order valence-electron chi connectivity index (χ0n) is 32.7. The Morgan fingerprint density at radius 1 is 0.702 bits per heavy atom. The van der Waals surface area contributed by atoms with Crippen LogP contribution in [0.25, 0.3) is 56.0 Å². The number of aliphatic imine (C=N–C) groups is 1. The van der Waals surface area contributed by atoms with Crippen molar-refractivity contribution in [3.05, 3.63) is 209 Å². The number of amidine groups is 1. The summed E-state index contributed by atoms with van der Waals surface area (Å²) in [5.41, 5.74) is 22.9. The number of fused-ring (bicyclic) bond motifs is 6. The highest BCUT2D eigenvalue weighted by Crippen LogP contribution is 2.44. The number of rotatable bonds is 8. The summed E-state index contributed by atoms with van der Waals surface area (Å²) in [6, 6.07) is 50.2. The highest BCUT2D eigenvalue weighted by atomic mass is 15.1. The van der Waals surface area contributed by atoms with Crippen LogP contribution >= 0.6 is 0 Å². The van der Waals surface area contributed by atoms with E-state index in [0.29, 0.717) is 5.84 Å². The molecule has 7 aromatic rings. The van der Waals surface area contributed by atoms with Gasteiger partial charge in [-0.3, -0.25) is 4.99 Å². The first-order valence-electron chi connectivity index (χ1n) is 19.9. The normalized spacial score (nSPS) is 15.7. The molecule has 1 unspecified atom stereocenters. The lowest BCUT2D eigenvalue weighted by atomic mass is 9.90. The van der Waals surface area contributed by atoms with E-state index in [1.54, 1.807) is 0 Å². The molecule has 278 valence electrons. The molecule has 1 aliphatic heterocycles. The van der Waals surface area contributed by atoms with E-state index in [-0.39, 0.29) is 6.04 Å². The van der Waals surface area contributed by atoms with Gasteiger partial charge in [0.2, 0.25) is 0 Å². The average Bonchev–Trinajstić information content (AvgIpc) is 3.59. The van der Waals surface area contributed by atoms with Crippen LogP contribution in [0, 0.1) is 0 Å². The van der Waals surface area contributed by atoms with Gasteiger partial charge in [-0.25, -0.2) is 0 Å². The van der Waals surface area contributed by atoms with Gasteiger partial charge in [-0.05, 0) is 109 Å². The molecule has 0 saturated heterocycles. The zero-order valence-corrected chi connectivity index (χ0v) is 32.7.